The smallest absolute Gasteiger partial charge is 0.229 e. The van der Waals surface area contributed by atoms with Gasteiger partial charge in [0.25, 0.3) is 0 Å². The number of aromatic nitrogens is 1. The minimum atomic E-state index is -0.0584. The van der Waals surface area contributed by atoms with Gasteiger partial charge in [-0.2, -0.15) is 0 Å². The molecule has 2 heterocycles. The first kappa shape index (κ1) is 16.6. The first-order valence-electron chi connectivity index (χ1n) is 10.0. The van der Waals surface area contributed by atoms with Gasteiger partial charge in [0.2, 0.25) is 5.91 Å². The number of nitrogens with zero attached hydrogens (tertiary/aromatic N) is 2. The Hall–Kier alpha value is -1.55. The second-order valence-electron chi connectivity index (χ2n) is 9.05. The number of carbonyl (C=O) groups is 1. The average molecular weight is 369 g/mol. The number of thiophene rings is 1. The third-order valence-electron chi connectivity index (χ3n) is 7.11. The molecule has 1 amide bonds. The molecule has 4 fully saturated rings. The molecule has 138 valence electrons. The Morgan fingerprint density at radius 3 is 2.35 bits per heavy atom. The van der Waals surface area contributed by atoms with E-state index in [1.807, 2.05) is 0 Å². The topological polar surface area (TPSA) is 25.2 Å². The van der Waals surface area contributed by atoms with Crippen molar-refractivity contribution in [2.75, 3.05) is 0 Å². The van der Waals surface area contributed by atoms with Gasteiger partial charge in [0.05, 0.1) is 18.5 Å². The number of rotatable bonds is 5. The van der Waals surface area contributed by atoms with Crippen molar-refractivity contribution in [3.8, 4) is 0 Å². The third-order valence-corrected chi connectivity index (χ3v) is 7.97. The van der Waals surface area contributed by atoms with Crippen LogP contribution in [0.5, 0.6) is 0 Å². The molecule has 4 aliphatic carbocycles. The maximum absolute atomic E-state index is 13.9. The molecular weight excluding hydrogens is 340 g/mol. The van der Waals surface area contributed by atoms with E-state index in [1.165, 1.54) is 29.8 Å². The normalized spacial score (nSPS) is 32.1. The number of carbonyl (C=O) groups excluding carboxylic acids is 1. The van der Waals surface area contributed by atoms with E-state index in [0.717, 1.165) is 50.1 Å². The first-order chi connectivity index (χ1) is 12.6. The zero-order valence-electron chi connectivity index (χ0n) is 15.6. The molecule has 6 rings (SSSR count). The molecule has 0 aliphatic heterocycles. The van der Waals surface area contributed by atoms with Gasteiger partial charge in [0.1, 0.15) is 0 Å². The van der Waals surface area contributed by atoms with E-state index in [1.54, 1.807) is 11.3 Å². The summed E-state index contributed by atoms with van der Waals surface area (Å²) in [4.78, 5) is 17.3. The number of amides is 1. The van der Waals surface area contributed by atoms with Gasteiger partial charge in [-0.3, -0.25) is 4.79 Å². The van der Waals surface area contributed by atoms with E-state index in [9.17, 15) is 4.79 Å². The molecule has 0 saturated heterocycles. The van der Waals surface area contributed by atoms with Crippen LogP contribution in [-0.2, 0) is 24.9 Å². The molecule has 3 nitrogen and oxygen atoms in total. The Kier molecular flexibility index (Phi) is 4.00. The molecule has 0 atom stereocenters. The van der Waals surface area contributed by atoms with Crippen molar-refractivity contribution in [2.45, 2.75) is 51.6 Å². The zero-order chi connectivity index (χ0) is 17.7. The van der Waals surface area contributed by atoms with Crippen molar-refractivity contribution in [1.29, 1.82) is 0 Å². The van der Waals surface area contributed by atoms with Crippen LogP contribution in [0.25, 0.3) is 0 Å². The monoisotopic (exact) mass is 368 g/mol. The molecule has 0 radical (unpaired) electrons. The minimum Gasteiger partial charge on any atom is -0.353 e. The lowest BCUT2D eigenvalue weighted by molar-refractivity contribution is -0.159. The van der Waals surface area contributed by atoms with Gasteiger partial charge >= 0.3 is 0 Å². The maximum atomic E-state index is 13.9. The van der Waals surface area contributed by atoms with Crippen LogP contribution < -0.4 is 0 Å². The Bertz CT molecular complexity index is 756. The fraction of sp³-hybridized carbons (Fsp3) is 0.591. The number of hydrogen-bond acceptors (Lipinski definition) is 2. The molecule has 0 N–H and O–H groups in total. The van der Waals surface area contributed by atoms with Gasteiger partial charge in [-0.25, -0.2) is 0 Å². The van der Waals surface area contributed by atoms with Gasteiger partial charge in [0.15, 0.2) is 0 Å². The van der Waals surface area contributed by atoms with Gasteiger partial charge in [0, 0.05) is 23.8 Å². The molecule has 2 aromatic heterocycles. The second kappa shape index (κ2) is 6.26. The Morgan fingerprint density at radius 2 is 1.81 bits per heavy atom. The van der Waals surface area contributed by atoms with E-state index in [0.29, 0.717) is 5.91 Å². The van der Waals surface area contributed by atoms with Crippen LogP contribution in [0.2, 0.25) is 0 Å². The van der Waals surface area contributed by atoms with Crippen molar-refractivity contribution >= 4 is 17.2 Å². The average Bonchev–Trinajstić information content (AvgIpc) is 3.25. The van der Waals surface area contributed by atoms with Crippen LogP contribution in [0.15, 0.2) is 35.8 Å². The SMILES string of the molecule is Cn1cccc1CN(Cc1cccs1)C(=O)C12CC3CC(CC(C3)C1)C2. The van der Waals surface area contributed by atoms with Crippen molar-refractivity contribution in [3.05, 3.63) is 46.4 Å². The third kappa shape index (κ3) is 2.83. The number of hydrogen-bond donors (Lipinski definition) is 0. The molecule has 2 aromatic rings. The lowest BCUT2D eigenvalue weighted by Gasteiger charge is -2.56. The standard InChI is InChI=1S/C22H28N2OS/c1-23-6-2-4-19(23)14-24(15-20-5-3-7-26-20)21(25)22-11-16-8-17(12-22)10-18(9-16)13-22/h2-7,16-18H,8-15H2,1H3. The van der Waals surface area contributed by atoms with Crippen molar-refractivity contribution in [2.24, 2.45) is 30.2 Å². The van der Waals surface area contributed by atoms with Crippen LogP contribution in [0.1, 0.15) is 49.1 Å². The highest BCUT2D eigenvalue weighted by Gasteiger charge is 2.55. The van der Waals surface area contributed by atoms with Crippen molar-refractivity contribution in [3.63, 3.8) is 0 Å². The summed E-state index contributed by atoms with van der Waals surface area (Å²) in [6, 6.07) is 8.48. The lowest BCUT2D eigenvalue weighted by atomic mass is 9.49. The highest BCUT2D eigenvalue weighted by Crippen LogP contribution is 2.60. The summed E-state index contributed by atoms with van der Waals surface area (Å²) in [5.74, 6) is 2.86. The Balaban J connectivity index is 1.44. The van der Waals surface area contributed by atoms with E-state index in [2.05, 4.69) is 52.4 Å². The van der Waals surface area contributed by atoms with Gasteiger partial charge in [-0.15, -0.1) is 11.3 Å². The minimum absolute atomic E-state index is 0.0584. The zero-order valence-corrected chi connectivity index (χ0v) is 16.4. The largest absolute Gasteiger partial charge is 0.353 e. The molecule has 26 heavy (non-hydrogen) atoms. The summed E-state index contributed by atoms with van der Waals surface area (Å²) in [6.07, 6.45) is 9.66. The van der Waals surface area contributed by atoms with Gasteiger partial charge in [-0.05, 0) is 79.9 Å². The highest BCUT2D eigenvalue weighted by atomic mass is 32.1. The Morgan fingerprint density at radius 1 is 1.12 bits per heavy atom. The predicted octanol–water partition coefficient (Wildman–Crippen LogP) is 4.83. The fourth-order valence-corrected chi connectivity index (χ4v) is 7.07. The molecule has 4 saturated carbocycles. The molecular formula is C22H28N2OS. The summed E-state index contributed by atoms with van der Waals surface area (Å²) < 4.78 is 2.15. The van der Waals surface area contributed by atoms with E-state index in [-0.39, 0.29) is 5.41 Å². The number of aryl methyl sites for hydroxylation is 1. The molecule has 0 spiro atoms. The highest BCUT2D eigenvalue weighted by molar-refractivity contribution is 7.09. The van der Waals surface area contributed by atoms with Crippen molar-refractivity contribution in [1.82, 2.24) is 9.47 Å². The summed E-state index contributed by atoms with van der Waals surface area (Å²) in [5.41, 5.74) is 1.16. The summed E-state index contributed by atoms with van der Waals surface area (Å²) in [6.45, 7) is 1.48. The van der Waals surface area contributed by atoms with Gasteiger partial charge < -0.3 is 9.47 Å². The quantitative estimate of drug-likeness (QED) is 0.742. The van der Waals surface area contributed by atoms with Crippen LogP contribution in [0, 0.1) is 23.2 Å². The van der Waals surface area contributed by atoms with Gasteiger partial charge in [-0.1, -0.05) is 6.07 Å². The van der Waals surface area contributed by atoms with Crippen LogP contribution >= 0.6 is 11.3 Å². The molecule has 4 aliphatic rings. The predicted molar refractivity (Wildman–Crippen MR) is 105 cm³/mol. The first-order valence-corrected chi connectivity index (χ1v) is 10.9. The molecule has 4 heteroatoms. The van der Waals surface area contributed by atoms with E-state index < -0.39 is 0 Å². The van der Waals surface area contributed by atoms with E-state index >= 15 is 0 Å². The Labute approximate surface area is 160 Å². The van der Waals surface area contributed by atoms with Crippen LogP contribution in [0.3, 0.4) is 0 Å². The van der Waals surface area contributed by atoms with Crippen LogP contribution in [-0.4, -0.2) is 15.4 Å². The summed E-state index contributed by atoms with van der Waals surface area (Å²) in [5, 5.41) is 2.12. The van der Waals surface area contributed by atoms with Crippen LogP contribution in [0.4, 0.5) is 0 Å². The van der Waals surface area contributed by atoms with E-state index in [4.69, 9.17) is 0 Å². The summed E-state index contributed by atoms with van der Waals surface area (Å²) in [7, 11) is 2.08. The molecule has 4 bridgehead atoms. The van der Waals surface area contributed by atoms with Crippen molar-refractivity contribution < 1.29 is 4.79 Å². The molecule has 0 aromatic carbocycles. The second-order valence-corrected chi connectivity index (χ2v) is 10.1. The summed E-state index contributed by atoms with van der Waals surface area (Å²) >= 11 is 1.76. The molecule has 0 unspecified atom stereocenters. The maximum Gasteiger partial charge on any atom is 0.229 e. The lowest BCUT2D eigenvalue weighted by Crippen LogP contribution is -2.54. The fourth-order valence-electron chi connectivity index (χ4n) is 6.35.